The maximum Gasteiger partial charge on any atom is 0.136 e. The largest absolute Gasteiger partial charge is 0.300 e. The Balaban J connectivity index is 1.89. The van der Waals surface area contributed by atoms with E-state index in [4.69, 9.17) is 0 Å². The fraction of sp³-hybridized carbons (Fsp3) is 0.933. The van der Waals surface area contributed by atoms with Crippen molar-refractivity contribution in [2.75, 3.05) is 0 Å². The van der Waals surface area contributed by atoms with Crippen molar-refractivity contribution in [1.29, 1.82) is 0 Å². The Labute approximate surface area is 110 Å². The van der Waals surface area contributed by atoms with E-state index in [1.165, 1.54) is 17.9 Å². The van der Waals surface area contributed by atoms with Crippen molar-refractivity contribution in [3.05, 3.63) is 0 Å². The summed E-state index contributed by atoms with van der Waals surface area (Å²) in [5.41, 5.74) is -0.629. The SMILES string of the molecule is [O]N1C2(CCCCC2)CC(=O)CC12CCCCC2. The van der Waals surface area contributed by atoms with Gasteiger partial charge in [-0.1, -0.05) is 38.5 Å². The molecular weight excluding hydrogens is 226 g/mol. The lowest BCUT2D eigenvalue weighted by Crippen LogP contribution is -2.64. The highest BCUT2D eigenvalue weighted by Crippen LogP contribution is 2.49. The summed E-state index contributed by atoms with van der Waals surface area (Å²) in [7, 11) is 0. The molecule has 0 unspecified atom stereocenters. The van der Waals surface area contributed by atoms with Gasteiger partial charge < -0.3 is 0 Å². The molecule has 18 heavy (non-hydrogen) atoms. The maximum atomic E-state index is 13.0. The van der Waals surface area contributed by atoms with Crippen LogP contribution in [0.5, 0.6) is 0 Å². The van der Waals surface area contributed by atoms with Gasteiger partial charge in [-0.15, -0.1) is 10.3 Å². The molecule has 0 N–H and O–H groups in total. The molecule has 0 atom stereocenters. The van der Waals surface area contributed by atoms with Gasteiger partial charge in [0.1, 0.15) is 5.78 Å². The number of Topliss-reactive ketones (excluding diaryl/α,β-unsaturated/α-hetero) is 1. The van der Waals surface area contributed by atoms with Crippen molar-refractivity contribution in [2.24, 2.45) is 0 Å². The molecule has 101 valence electrons. The molecule has 3 heteroatoms. The minimum absolute atomic E-state index is 0.315. The predicted octanol–water partition coefficient (Wildman–Crippen LogP) is 3.40. The van der Waals surface area contributed by atoms with Gasteiger partial charge in [-0.3, -0.25) is 4.79 Å². The quantitative estimate of drug-likeness (QED) is 0.661. The molecule has 3 rings (SSSR count). The topological polar surface area (TPSA) is 40.2 Å². The second-order valence-corrected chi connectivity index (χ2v) is 6.76. The molecule has 1 heterocycles. The lowest BCUT2D eigenvalue weighted by molar-refractivity contribution is -0.309. The van der Waals surface area contributed by atoms with E-state index < -0.39 is 0 Å². The van der Waals surface area contributed by atoms with Gasteiger partial charge in [0.25, 0.3) is 0 Å². The van der Waals surface area contributed by atoms with Crippen LogP contribution >= 0.6 is 0 Å². The van der Waals surface area contributed by atoms with Crippen molar-refractivity contribution in [3.63, 3.8) is 0 Å². The second-order valence-electron chi connectivity index (χ2n) is 6.76. The average molecular weight is 250 g/mol. The predicted molar refractivity (Wildman–Crippen MR) is 68.4 cm³/mol. The van der Waals surface area contributed by atoms with Crippen LogP contribution in [0.1, 0.15) is 77.0 Å². The summed E-state index contributed by atoms with van der Waals surface area (Å²) in [5.74, 6) is 0.353. The van der Waals surface area contributed by atoms with Crippen LogP contribution in [0.2, 0.25) is 0 Å². The third-order valence-electron chi connectivity index (χ3n) is 5.48. The molecule has 0 aromatic rings. The summed E-state index contributed by atoms with van der Waals surface area (Å²) in [4.78, 5) is 12.2. The first kappa shape index (κ1) is 12.6. The van der Waals surface area contributed by atoms with Gasteiger partial charge in [-0.2, -0.15) is 0 Å². The number of carbonyl (C=O) groups is 1. The van der Waals surface area contributed by atoms with Crippen molar-refractivity contribution in [3.8, 4) is 0 Å². The molecule has 0 bridgehead atoms. The van der Waals surface area contributed by atoms with Crippen LogP contribution in [0.4, 0.5) is 0 Å². The van der Waals surface area contributed by atoms with E-state index in [1.54, 1.807) is 0 Å². The molecule has 2 saturated carbocycles. The van der Waals surface area contributed by atoms with Crippen LogP contribution in [0.3, 0.4) is 0 Å². The summed E-state index contributed by atoms with van der Waals surface area (Å²) >= 11 is 0. The fourth-order valence-corrected chi connectivity index (χ4v) is 4.62. The number of nitrogens with zero attached hydrogens (tertiary/aromatic N) is 1. The Kier molecular flexibility index (Phi) is 3.23. The molecule has 3 fully saturated rings. The first-order valence-electron chi connectivity index (χ1n) is 7.66. The van der Waals surface area contributed by atoms with Crippen molar-refractivity contribution in [1.82, 2.24) is 5.06 Å². The van der Waals surface area contributed by atoms with Gasteiger partial charge in [0.15, 0.2) is 0 Å². The molecule has 3 aliphatic rings. The maximum absolute atomic E-state index is 13.0. The minimum atomic E-state index is -0.315. The van der Waals surface area contributed by atoms with Gasteiger partial charge in [-0.25, -0.2) is 0 Å². The van der Waals surface area contributed by atoms with Crippen LogP contribution < -0.4 is 0 Å². The zero-order valence-corrected chi connectivity index (χ0v) is 11.2. The summed E-state index contributed by atoms with van der Waals surface area (Å²) in [6, 6.07) is 0. The molecule has 2 spiro atoms. The Bertz CT molecular complexity index is 297. The minimum Gasteiger partial charge on any atom is -0.300 e. The third kappa shape index (κ3) is 1.92. The van der Waals surface area contributed by atoms with E-state index in [-0.39, 0.29) is 11.1 Å². The highest BCUT2D eigenvalue weighted by Gasteiger charge is 2.55. The number of piperidine rings is 1. The summed E-state index contributed by atoms with van der Waals surface area (Å²) in [5, 5.41) is 14.4. The van der Waals surface area contributed by atoms with Gasteiger partial charge >= 0.3 is 0 Å². The molecule has 0 aromatic heterocycles. The lowest BCUT2D eigenvalue weighted by Gasteiger charge is -2.55. The Morgan fingerprint density at radius 2 is 1.11 bits per heavy atom. The summed E-state index contributed by atoms with van der Waals surface area (Å²) < 4.78 is 0. The Morgan fingerprint density at radius 3 is 1.50 bits per heavy atom. The first-order valence-corrected chi connectivity index (χ1v) is 7.66. The van der Waals surface area contributed by atoms with Crippen molar-refractivity contribution in [2.45, 2.75) is 88.1 Å². The van der Waals surface area contributed by atoms with Gasteiger partial charge in [0.05, 0.1) is 11.1 Å². The summed E-state index contributed by atoms with van der Waals surface area (Å²) in [6.07, 6.45) is 11.8. The number of rotatable bonds is 0. The van der Waals surface area contributed by atoms with E-state index in [0.717, 1.165) is 51.4 Å². The van der Waals surface area contributed by atoms with E-state index in [2.05, 4.69) is 0 Å². The molecule has 0 aromatic carbocycles. The third-order valence-corrected chi connectivity index (χ3v) is 5.48. The van der Waals surface area contributed by atoms with E-state index in [9.17, 15) is 10.0 Å². The highest BCUT2D eigenvalue weighted by molar-refractivity contribution is 5.82. The van der Waals surface area contributed by atoms with E-state index >= 15 is 0 Å². The number of hydrogen-bond donors (Lipinski definition) is 0. The number of carbonyl (C=O) groups excluding carboxylic acids is 1. The fourth-order valence-electron chi connectivity index (χ4n) is 4.62. The molecule has 1 aliphatic heterocycles. The van der Waals surface area contributed by atoms with Crippen LogP contribution in [0.15, 0.2) is 0 Å². The van der Waals surface area contributed by atoms with E-state index in [1.807, 2.05) is 0 Å². The Hall–Kier alpha value is -0.410. The number of hydrogen-bond acceptors (Lipinski definition) is 2. The van der Waals surface area contributed by atoms with E-state index in [0.29, 0.717) is 18.6 Å². The lowest BCUT2D eigenvalue weighted by atomic mass is 9.66. The average Bonchev–Trinajstić information content (AvgIpc) is 2.38. The summed E-state index contributed by atoms with van der Waals surface area (Å²) in [6.45, 7) is 0. The van der Waals surface area contributed by atoms with Crippen molar-refractivity contribution >= 4 is 5.78 Å². The van der Waals surface area contributed by atoms with Crippen LogP contribution in [-0.2, 0) is 10.0 Å². The second kappa shape index (κ2) is 4.61. The molecule has 0 amide bonds. The standard InChI is InChI=1S/C15H24NO2/c17-13-11-14(7-3-1-4-8-14)16(18)15(12-13)9-5-2-6-10-15/h1-12H2. The molecular formula is C15H24NO2. The van der Waals surface area contributed by atoms with Gasteiger partial charge in [0, 0.05) is 12.8 Å². The van der Waals surface area contributed by atoms with Gasteiger partial charge in [0.2, 0.25) is 0 Å². The molecule has 1 radical (unpaired) electrons. The Morgan fingerprint density at radius 1 is 0.722 bits per heavy atom. The zero-order valence-electron chi connectivity index (χ0n) is 11.2. The normalized spacial score (nSPS) is 31.9. The van der Waals surface area contributed by atoms with Crippen LogP contribution in [0, 0.1) is 0 Å². The number of ketones is 1. The highest BCUT2D eigenvalue weighted by atomic mass is 16.5. The molecule has 1 saturated heterocycles. The van der Waals surface area contributed by atoms with Crippen LogP contribution in [-0.4, -0.2) is 21.9 Å². The zero-order chi connectivity index (χ0) is 12.6. The number of hydroxylamine groups is 2. The smallest absolute Gasteiger partial charge is 0.136 e. The molecule has 3 nitrogen and oxygen atoms in total. The van der Waals surface area contributed by atoms with Crippen LogP contribution in [0.25, 0.3) is 0 Å². The monoisotopic (exact) mass is 250 g/mol. The first-order chi connectivity index (χ1) is 8.67. The molecule has 2 aliphatic carbocycles. The van der Waals surface area contributed by atoms with Crippen molar-refractivity contribution < 1.29 is 10.0 Å². The van der Waals surface area contributed by atoms with Gasteiger partial charge in [-0.05, 0) is 25.7 Å².